The Bertz CT molecular complexity index is 866. The van der Waals surface area contributed by atoms with Gasteiger partial charge in [-0.15, -0.1) is 0 Å². The summed E-state index contributed by atoms with van der Waals surface area (Å²) in [6.07, 6.45) is 7.66. The predicted molar refractivity (Wildman–Crippen MR) is 131 cm³/mol. The highest BCUT2D eigenvalue weighted by atomic mass is 15.1. The van der Waals surface area contributed by atoms with Gasteiger partial charge in [0, 0.05) is 45.5 Å². The van der Waals surface area contributed by atoms with Crippen LogP contribution in [-0.4, -0.2) is 27.9 Å². The minimum atomic E-state index is 0.881. The summed E-state index contributed by atoms with van der Waals surface area (Å²) in [6.45, 7) is 6.32. The highest BCUT2D eigenvalue weighted by Gasteiger charge is 2.25. The van der Waals surface area contributed by atoms with E-state index in [4.69, 9.17) is 4.98 Å². The van der Waals surface area contributed by atoms with Gasteiger partial charge in [-0.05, 0) is 60.3 Å². The van der Waals surface area contributed by atoms with Gasteiger partial charge in [0.25, 0.3) is 0 Å². The zero-order valence-electron chi connectivity index (χ0n) is 19.1. The Hall–Kier alpha value is -2.49. The molecule has 0 amide bonds. The molecular formula is C29H35N3. The third kappa shape index (κ3) is 6.75. The van der Waals surface area contributed by atoms with Gasteiger partial charge in [-0.1, -0.05) is 66.7 Å². The highest BCUT2D eigenvalue weighted by Crippen LogP contribution is 2.31. The third-order valence-electron chi connectivity index (χ3n) is 6.60. The number of rotatable bonds is 12. The Labute approximate surface area is 193 Å². The van der Waals surface area contributed by atoms with Crippen molar-refractivity contribution in [3.8, 4) is 0 Å². The highest BCUT2D eigenvalue weighted by molar-refractivity contribution is 5.18. The second-order valence-corrected chi connectivity index (χ2v) is 9.85. The van der Waals surface area contributed by atoms with Crippen molar-refractivity contribution in [2.75, 3.05) is 13.1 Å². The van der Waals surface area contributed by atoms with Crippen molar-refractivity contribution < 1.29 is 0 Å². The monoisotopic (exact) mass is 425 g/mol. The minimum Gasteiger partial charge on any atom is -0.295 e. The molecule has 0 bridgehead atoms. The SMILES string of the molecule is c1ccc(CN(Cc2ccc(CN(Cc3ccccc3)CC3CC3)nc2)CC2CC2)cc1. The van der Waals surface area contributed by atoms with Crippen molar-refractivity contribution >= 4 is 0 Å². The van der Waals surface area contributed by atoms with E-state index >= 15 is 0 Å². The topological polar surface area (TPSA) is 19.4 Å². The summed E-state index contributed by atoms with van der Waals surface area (Å²) in [5.74, 6) is 1.77. The lowest BCUT2D eigenvalue weighted by Gasteiger charge is -2.23. The second kappa shape index (κ2) is 10.4. The number of benzene rings is 2. The standard InChI is InChI=1S/C29H35N3/c1-3-7-24(8-4-1)18-31(20-26-11-12-26)22-28-15-16-29(30-17-28)23-32(21-27-13-14-27)19-25-9-5-2-6-10-25/h1-10,15-17,26-27H,11-14,18-23H2. The van der Waals surface area contributed by atoms with Crippen molar-refractivity contribution in [1.82, 2.24) is 14.8 Å². The first-order valence-electron chi connectivity index (χ1n) is 12.3. The number of hydrogen-bond acceptors (Lipinski definition) is 3. The van der Waals surface area contributed by atoms with Gasteiger partial charge in [0.05, 0.1) is 5.69 Å². The van der Waals surface area contributed by atoms with Gasteiger partial charge in [0.1, 0.15) is 0 Å². The lowest BCUT2D eigenvalue weighted by Crippen LogP contribution is -2.26. The van der Waals surface area contributed by atoms with Crippen LogP contribution in [0.2, 0.25) is 0 Å². The van der Waals surface area contributed by atoms with Gasteiger partial charge >= 0.3 is 0 Å². The molecule has 2 saturated carbocycles. The Kier molecular flexibility index (Phi) is 6.95. The second-order valence-electron chi connectivity index (χ2n) is 9.85. The lowest BCUT2D eigenvalue weighted by molar-refractivity contribution is 0.241. The molecule has 2 fully saturated rings. The summed E-state index contributed by atoms with van der Waals surface area (Å²) < 4.78 is 0. The lowest BCUT2D eigenvalue weighted by atomic mass is 10.1. The largest absolute Gasteiger partial charge is 0.295 e. The first kappa shape index (κ1) is 21.4. The molecule has 0 atom stereocenters. The van der Waals surface area contributed by atoms with E-state index in [9.17, 15) is 0 Å². The van der Waals surface area contributed by atoms with E-state index in [1.807, 2.05) is 0 Å². The van der Waals surface area contributed by atoms with Crippen LogP contribution < -0.4 is 0 Å². The summed E-state index contributed by atoms with van der Waals surface area (Å²) in [5, 5.41) is 0. The molecule has 2 aliphatic rings. The van der Waals surface area contributed by atoms with Crippen molar-refractivity contribution in [2.45, 2.75) is 51.9 Å². The van der Waals surface area contributed by atoms with E-state index < -0.39 is 0 Å². The summed E-state index contributed by atoms with van der Waals surface area (Å²) in [5.41, 5.74) is 5.29. The van der Waals surface area contributed by atoms with Crippen LogP contribution in [0.15, 0.2) is 79.0 Å². The van der Waals surface area contributed by atoms with Gasteiger partial charge < -0.3 is 0 Å². The fraction of sp³-hybridized carbons (Fsp3) is 0.414. The molecule has 0 unspecified atom stereocenters. The van der Waals surface area contributed by atoms with E-state index in [2.05, 4.69) is 88.8 Å². The van der Waals surface area contributed by atoms with E-state index in [1.165, 1.54) is 61.2 Å². The van der Waals surface area contributed by atoms with Crippen molar-refractivity contribution in [1.29, 1.82) is 0 Å². The molecule has 0 saturated heterocycles. The zero-order valence-corrected chi connectivity index (χ0v) is 19.1. The molecule has 3 heteroatoms. The van der Waals surface area contributed by atoms with Gasteiger partial charge in [0.2, 0.25) is 0 Å². The molecule has 5 rings (SSSR count). The Balaban J connectivity index is 1.20. The molecule has 2 aliphatic carbocycles. The first-order valence-corrected chi connectivity index (χ1v) is 12.3. The van der Waals surface area contributed by atoms with Crippen LogP contribution in [0.4, 0.5) is 0 Å². The maximum absolute atomic E-state index is 4.87. The van der Waals surface area contributed by atoms with E-state index in [0.717, 1.165) is 38.0 Å². The minimum absolute atomic E-state index is 0.881. The number of hydrogen-bond donors (Lipinski definition) is 0. The van der Waals surface area contributed by atoms with Crippen molar-refractivity contribution in [3.63, 3.8) is 0 Å². The Morgan fingerprint density at radius 2 is 1.06 bits per heavy atom. The molecule has 1 heterocycles. The fourth-order valence-electron chi connectivity index (χ4n) is 4.51. The predicted octanol–water partition coefficient (Wildman–Crippen LogP) is 5.91. The van der Waals surface area contributed by atoms with Crippen LogP contribution in [0.25, 0.3) is 0 Å². The summed E-state index contributed by atoms with van der Waals surface area (Å²) >= 11 is 0. The molecular weight excluding hydrogens is 390 g/mol. The molecule has 32 heavy (non-hydrogen) atoms. The fourth-order valence-corrected chi connectivity index (χ4v) is 4.51. The molecule has 3 nitrogen and oxygen atoms in total. The van der Waals surface area contributed by atoms with Gasteiger partial charge in [-0.3, -0.25) is 14.8 Å². The summed E-state index contributed by atoms with van der Waals surface area (Å²) in [7, 11) is 0. The van der Waals surface area contributed by atoms with Crippen LogP contribution in [0.3, 0.4) is 0 Å². The van der Waals surface area contributed by atoms with Crippen LogP contribution >= 0.6 is 0 Å². The van der Waals surface area contributed by atoms with Gasteiger partial charge in [-0.2, -0.15) is 0 Å². The van der Waals surface area contributed by atoms with Crippen LogP contribution in [0, 0.1) is 11.8 Å². The third-order valence-corrected chi connectivity index (χ3v) is 6.60. The number of pyridine rings is 1. The molecule has 0 spiro atoms. The quantitative estimate of drug-likeness (QED) is 0.360. The maximum Gasteiger partial charge on any atom is 0.0544 e. The van der Waals surface area contributed by atoms with Crippen LogP contribution in [0.5, 0.6) is 0 Å². The molecule has 166 valence electrons. The molecule has 0 radical (unpaired) electrons. The molecule has 1 aromatic heterocycles. The molecule has 3 aromatic rings. The maximum atomic E-state index is 4.87. The average Bonchev–Trinajstić information content (AvgIpc) is 3.74. The summed E-state index contributed by atoms with van der Waals surface area (Å²) in [4.78, 5) is 10.0. The number of aromatic nitrogens is 1. The van der Waals surface area contributed by atoms with Gasteiger partial charge in [0.15, 0.2) is 0 Å². The van der Waals surface area contributed by atoms with E-state index in [0.29, 0.717) is 0 Å². The number of nitrogens with zero attached hydrogens (tertiary/aromatic N) is 3. The van der Waals surface area contributed by atoms with E-state index in [-0.39, 0.29) is 0 Å². The van der Waals surface area contributed by atoms with Crippen LogP contribution in [-0.2, 0) is 26.2 Å². The first-order chi connectivity index (χ1) is 15.8. The smallest absolute Gasteiger partial charge is 0.0544 e. The van der Waals surface area contributed by atoms with E-state index in [1.54, 1.807) is 0 Å². The van der Waals surface area contributed by atoms with Crippen LogP contribution in [0.1, 0.15) is 48.1 Å². The zero-order chi connectivity index (χ0) is 21.6. The Morgan fingerprint density at radius 1 is 0.562 bits per heavy atom. The molecule has 0 aliphatic heterocycles. The van der Waals surface area contributed by atoms with Crippen molar-refractivity contribution in [2.24, 2.45) is 11.8 Å². The summed E-state index contributed by atoms with van der Waals surface area (Å²) in [6, 6.07) is 26.2. The normalized spacial score (nSPS) is 16.1. The molecule has 2 aromatic carbocycles. The molecule has 0 N–H and O–H groups in total. The average molecular weight is 426 g/mol. The van der Waals surface area contributed by atoms with Gasteiger partial charge in [-0.25, -0.2) is 0 Å². The van der Waals surface area contributed by atoms with Crippen molar-refractivity contribution in [3.05, 3.63) is 101 Å². The Morgan fingerprint density at radius 3 is 1.53 bits per heavy atom.